The fourth-order valence-corrected chi connectivity index (χ4v) is 5.54. The van der Waals surface area contributed by atoms with Crippen molar-refractivity contribution in [3.63, 3.8) is 0 Å². The van der Waals surface area contributed by atoms with E-state index in [0.29, 0.717) is 22.8 Å². The monoisotopic (exact) mass is 477 g/mol. The molecule has 2 amide bonds. The van der Waals surface area contributed by atoms with E-state index in [9.17, 15) is 22.8 Å². The maximum atomic E-state index is 13.0. The lowest BCUT2D eigenvalue weighted by atomic mass is 10.2. The van der Waals surface area contributed by atoms with Gasteiger partial charge in [-0.25, -0.2) is 8.42 Å². The lowest BCUT2D eigenvalue weighted by Crippen LogP contribution is -2.45. The number of benzene rings is 2. The van der Waals surface area contributed by atoms with Gasteiger partial charge in [-0.05, 0) is 49.2 Å². The van der Waals surface area contributed by atoms with Crippen LogP contribution in [0.2, 0.25) is 5.02 Å². The fraction of sp³-hybridized carbons (Fsp3) is 0.286. The Kier molecular flexibility index (Phi) is 6.18. The molecule has 0 spiro atoms. The van der Waals surface area contributed by atoms with E-state index in [1.807, 2.05) is 0 Å². The Bertz CT molecular complexity index is 1170. The molecule has 1 N–H and O–H groups in total. The van der Waals surface area contributed by atoms with Gasteiger partial charge >= 0.3 is 5.97 Å². The molecule has 2 heterocycles. The molecular formula is C21H20ClN3O6S. The molecule has 2 aromatic carbocycles. The number of esters is 1. The number of para-hydroxylation sites is 2. The van der Waals surface area contributed by atoms with Gasteiger partial charge < -0.3 is 10.1 Å². The molecule has 2 aliphatic rings. The Morgan fingerprint density at radius 3 is 2.59 bits per heavy atom. The Hall–Kier alpha value is -2.95. The number of fused-ring (bicyclic) bond motifs is 1. The molecule has 0 bridgehead atoms. The van der Waals surface area contributed by atoms with Crippen molar-refractivity contribution in [3.8, 4) is 0 Å². The van der Waals surface area contributed by atoms with Gasteiger partial charge in [-0.2, -0.15) is 4.31 Å². The third kappa shape index (κ3) is 4.34. The molecule has 32 heavy (non-hydrogen) atoms. The van der Waals surface area contributed by atoms with Gasteiger partial charge in [-0.15, -0.1) is 0 Å². The van der Waals surface area contributed by atoms with E-state index in [-0.39, 0.29) is 30.3 Å². The second-order valence-electron chi connectivity index (χ2n) is 7.38. The second kappa shape index (κ2) is 8.89. The van der Waals surface area contributed by atoms with E-state index in [4.69, 9.17) is 16.3 Å². The number of sulfonamides is 1. The number of carbonyl (C=O) groups excluding carboxylic acids is 3. The summed E-state index contributed by atoms with van der Waals surface area (Å²) < 4.78 is 32.2. The summed E-state index contributed by atoms with van der Waals surface area (Å²) in [5.41, 5.74) is 0.986. The van der Waals surface area contributed by atoms with E-state index in [2.05, 4.69) is 5.32 Å². The molecule has 9 nitrogen and oxygen atoms in total. The summed E-state index contributed by atoms with van der Waals surface area (Å²) in [6.45, 7) is -0.641. The van der Waals surface area contributed by atoms with Gasteiger partial charge in [0.1, 0.15) is 12.6 Å². The summed E-state index contributed by atoms with van der Waals surface area (Å²) in [6, 6.07) is 11.4. The molecule has 0 unspecified atom stereocenters. The number of hydrogen-bond donors (Lipinski definition) is 1. The standard InChI is InChI=1S/C21H20ClN3O6S/c22-14-7-9-15(10-8-14)32(29,30)25-11-3-6-18(25)21(28)31-13-20(27)24-12-19(26)23-16-4-1-2-5-17(16)24/h1-2,4-5,7-10,18H,3,6,11-13H2,(H,23,26)/t18-/m0/s1. The molecule has 4 rings (SSSR count). The molecule has 1 saturated heterocycles. The van der Waals surface area contributed by atoms with Gasteiger partial charge in [0.25, 0.3) is 5.91 Å². The molecule has 2 aromatic rings. The smallest absolute Gasteiger partial charge is 0.324 e. The topological polar surface area (TPSA) is 113 Å². The van der Waals surface area contributed by atoms with Gasteiger partial charge in [0.05, 0.1) is 16.3 Å². The average Bonchev–Trinajstić information content (AvgIpc) is 3.28. The maximum Gasteiger partial charge on any atom is 0.324 e. The van der Waals surface area contributed by atoms with E-state index < -0.39 is 34.5 Å². The average molecular weight is 478 g/mol. The number of amides is 2. The lowest BCUT2D eigenvalue weighted by Gasteiger charge is -2.29. The van der Waals surface area contributed by atoms with Crippen LogP contribution in [0.3, 0.4) is 0 Å². The highest BCUT2D eigenvalue weighted by Gasteiger charge is 2.41. The van der Waals surface area contributed by atoms with E-state index >= 15 is 0 Å². The summed E-state index contributed by atoms with van der Waals surface area (Å²) in [5.74, 6) is -1.74. The van der Waals surface area contributed by atoms with Crippen LogP contribution in [0.25, 0.3) is 0 Å². The number of hydrogen-bond acceptors (Lipinski definition) is 6. The van der Waals surface area contributed by atoms with Crippen LogP contribution >= 0.6 is 11.6 Å². The fourth-order valence-electron chi connectivity index (χ4n) is 3.77. The van der Waals surface area contributed by atoms with E-state index in [1.165, 1.54) is 29.2 Å². The third-order valence-electron chi connectivity index (χ3n) is 5.31. The van der Waals surface area contributed by atoms with Gasteiger partial charge in [0.15, 0.2) is 6.61 Å². The molecule has 1 fully saturated rings. The normalized spacial score (nSPS) is 18.7. The molecule has 0 aliphatic carbocycles. The van der Waals surface area contributed by atoms with Crippen LogP contribution in [0.5, 0.6) is 0 Å². The molecule has 11 heteroatoms. The minimum absolute atomic E-state index is 0.0219. The number of ether oxygens (including phenoxy) is 1. The van der Waals surface area contributed by atoms with Crippen molar-refractivity contribution in [2.24, 2.45) is 0 Å². The summed E-state index contributed by atoms with van der Waals surface area (Å²) in [7, 11) is -3.93. The minimum atomic E-state index is -3.93. The zero-order valence-corrected chi connectivity index (χ0v) is 18.4. The van der Waals surface area contributed by atoms with Gasteiger partial charge in [-0.1, -0.05) is 23.7 Å². The van der Waals surface area contributed by atoms with Crippen LogP contribution in [-0.4, -0.2) is 56.2 Å². The highest BCUT2D eigenvalue weighted by molar-refractivity contribution is 7.89. The van der Waals surface area contributed by atoms with Crippen molar-refractivity contribution < 1.29 is 27.5 Å². The summed E-state index contributed by atoms with van der Waals surface area (Å²) in [5, 5.41) is 3.07. The van der Waals surface area contributed by atoms with Crippen LogP contribution in [0.1, 0.15) is 12.8 Å². The van der Waals surface area contributed by atoms with Crippen molar-refractivity contribution >= 4 is 50.8 Å². The van der Waals surface area contributed by atoms with Crippen molar-refractivity contribution in [2.45, 2.75) is 23.8 Å². The molecule has 168 valence electrons. The summed E-state index contributed by atoms with van der Waals surface area (Å²) in [6.07, 6.45) is 0.773. The predicted molar refractivity (Wildman–Crippen MR) is 117 cm³/mol. The van der Waals surface area contributed by atoms with Crippen LogP contribution in [0.15, 0.2) is 53.4 Å². The van der Waals surface area contributed by atoms with Crippen LogP contribution in [-0.2, 0) is 29.1 Å². The van der Waals surface area contributed by atoms with Crippen LogP contribution < -0.4 is 10.2 Å². The van der Waals surface area contributed by atoms with Gasteiger partial charge in [0.2, 0.25) is 15.9 Å². The van der Waals surface area contributed by atoms with Crippen molar-refractivity contribution in [1.82, 2.24) is 4.31 Å². The largest absolute Gasteiger partial charge is 0.454 e. The predicted octanol–water partition coefficient (Wildman–Crippen LogP) is 2.02. The van der Waals surface area contributed by atoms with E-state index in [0.717, 1.165) is 4.31 Å². The first-order chi connectivity index (χ1) is 15.3. The highest BCUT2D eigenvalue weighted by atomic mass is 35.5. The third-order valence-corrected chi connectivity index (χ3v) is 7.48. The summed E-state index contributed by atoms with van der Waals surface area (Å²) >= 11 is 5.83. The molecule has 1 atom stereocenters. The zero-order valence-electron chi connectivity index (χ0n) is 16.9. The first-order valence-corrected chi connectivity index (χ1v) is 11.7. The number of nitrogens with zero attached hydrogens (tertiary/aromatic N) is 2. The molecule has 2 aliphatic heterocycles. The lowest BCUT2D eigenvalue weighted by molar-refractivity contribution is -0.151. The van der Waals surface area contributed by atoms with Crippen molar-refractivity contribution in [2.75, 3.05) is 29.9 Å². The second-order valence-corrected chi connectivity index (χ2v) is 9.71. The van der Waals surface area contributed by atoms with Crippen LogP contribution in [0.4, 0.5) is 11.4 Å². The van der Waals surface area contributed by atoms with Crippen molar-refractivity contribution in [1.29, 1.82) is 0 Å². The summed E-state index contributed by atoms with van der Waals surface area (Å²) in [4.78, 5) is 38.5. The molecule has 0 aromatic heterocycles. The van der Waals surface area contributed by atoms with Crippen molar-refractivity contribution in [3.05, 3.63) is 53.6 Å². The Labute approximate surface area is 189 Å². The number of carbonyl (C=O) groups is 3. The number of rotatable bonds is 5. The Morgan fingerprint density at radius 2 is 1.84 bits per heavy atom. The zero-order chi connectivity index (χ0) is 22.9. The Balaban J connectivity index is 1.44. The van der Waals surface area contributed by atoms with Gasteiger partial charge in [-0.3, -0.25) is 19.3 Å². The van der Waals surface area contributed by atoms with Gasteiger partial charge in [0, 0.05) is 11.6 Å². The molecule has 0 radical (unpaired) electrons. The quantitative estimate of drug-likeness (QED) is 0.659. The maximum absolute atomic E-state index is 13.0. The number of halogens is 1. The van der Waals surface area contributed by atoms with E-state index in [1.54, 1.807) is 24.3 Å². The molecular weight excluding hydrogens is 458 g/mol. The number of nitrogens with one attached hydrogen (secondary N) is 1. The Morgan fingerprint density at radius 1 is 1.12 bits per heavy atom. The first-order valence-electron chi connectivity index (χ1n) is 9.90. The first kappa shape index (κ1) is 22.3. The minimum Gasteiger partial charge on any atom is -0.454 e. The number of anilines is 2. The van der Waals surface area contributed by atoms with Crippen LogP contribution in [0, 0.1) is 0 Å². The molecule has 0 saturated carbocycles. The SMILES string of the molecule is O=C1CN(C(=O)COC(=O)[C@@H]2CCCN2S(=O)(=O)c2ccc(Cl)cc2)c2ccccc2N1. The highest BCUT2D eigenvalue weighted by Crippen LogP contribution is 2.30.